The number of amidine groups is 1. The second-order valence-corrected chi connectivity index (χ2v) is 12.7. The van der Waals surface area contributed by atoms with E-state index in [1.807, 2.05) is 20.8 Å². The van der Waals surface area contributed by atoms with E-state index in [0.29, 0.717) is 34.0 Å². The zero-order valence-electron chi connectivity index (χ0n) is 31.2. The summed E-state index contributed by atoms with van der Waals surface area (Å²) in [5.41, 5.74) is 14.3. The van der Waals surface area contributed by atoms with Crippen LogP contribution in [0.15, 0.2) is 53.5 Å². The van der Waals surface area contributed by atoms with Crippen LogP contribution in [0.4, 0.5) is 37.8 Å². The molecule has 15 nitrogen and oxygen atoms in total. The molecule has 10 N–H and O–H groups in total. The maximum absolute atomic E-state index is 13.5. The lowest BCUT2D eigenvalue weighted by atomic mass is 9.84. The van der Waals surface area contributed by atoms with Crippen LogP contribution in [-0.2, 0) is 27.5 Å². The zero-order valence-corrected chi connectivity index (χ0v) is 31.2. The van der Waals surface area contributed by atoms with E-state index in [4.69, 9.17) is 36.7 Å². The molecule has 4 rings (SSSR count). The molecule has 0 radical (unpaired) electrons. The van der Waals surface area contributed by atoms with Gasteiger partial charge in [-0.25, -0.2) is 9.78 Å². The minimum Gasteiger partial charge on any atom is -0.483 e. The Morgan fingerprint density at radius 2 is 1.56 bits per heavy atom. The van der Waals surface area contributed by atoms with Crippen LogP contribution < -0.4 is 33.0 Å². The molecule has 3 aromatic rings. The Labute approximate surface area is 323 Å². The number of hydrogen-bond acceptors (Lipinski definition) is 9. The number of alkyl halides is 6. The van der Waals surface area contributed by atoms with Crippen molar-refractivity contribution in [2.75, 3.05) is 11.1 Å². The molecule has 0 saturated heterocycles. The van der Waals surface area contributed by atoms with Gasteiger partial charge in [-0.05, 0) is 63.3 Å². The van der Waals surface area contributed by atoms with E-state index < -0.39 is 24.4 Å². The summed E-state index contributed by atoms with van der Waals surface area (Å²) in [6.07, 6.45) is 2.23. The fourth-order valence-electron chi connectivity index (χ4n) is 5.42. The molecule has 0 spiro atoms. The van der Waals surface area contributed by atoms with Crippen molar-refractivity contribution in [3.63, 3.8) is 0 Å². The number of halogens is 6. The molecule has 21 heteroatoms. The number of benzene rings is 2. The number of nitrogen functional groups attached to an aromatic ring is 2. The van der Waals surface area contributed by atoms with E-state index in [9.17, 15) is 40.7 Å². The van der Waals surface area contributed by atoms with Gasteiger partial charge < -0.3 is 37.6 Å². The fraction of sp³-hybridized carbons (Fsp3) is 0.417. The maximum atomic E-state index is 13.5. The van der Waals surface area contributed by atoms with Gasteiger partial charge in [0.25, 0.3) is 17.9 Å². The predicted octanol–water partition coefficient (Wildman–Crippen LogP) is 5.12. The quantitative estimate of drug-likeness (QED) is 0.0414. The first-order chi connectivity index (χ1) is 26.6. The summed E-state index contributed by atoms with van der Waals surface area (Å²) >= 11 is 0. The number of amides is 2. The molecule has 57 heavy (non-hydrogen) atoms. The van der Waals surface area contributed by atoms with Gasteiger partial charge in [0, 0.05) is 41.0 Å². The molecule has 1 aliphatic carbocycles. The second-order valence-electron chi connectivity index (χ2n) is 12.7. The number of carboxylic acids is 1. The average molecular weight is 817 g/mol. The van der Waals surface area contributed by atoms with E-state index in [1.54, 1.807) is 42.5 Å². The molecule has 2 aromatic carbocycles. The monoisotopic (exact) mass is 816 g/mol. The number of carboxylic acid groups (broad SMARTS) is 2. The van der Waals surface area contributed by atoms with Crippen molar-refractivity contribution in [2.45, 2.75) is 90.9 Å². The van der Waals surface area contributed by atoms with Crippen LogP contribution in [0.3, 0.4) is 0 Å². The van der Waals surface area contributed by atoms with Gasteiger partial charge in [0.2, 0.25) is 5.91 Å². The summed E-state index contributed by atoms with van der Waals surface area (Å²) in [5, 5.41) is 30.6. The Kier molecular flexibility index (Phi) is 20.3. The van der Waals surface area contributed by atoms with Gasteiger partial charge in [0.05, 0.1) is 11.9 Å². The number of anilines is 2. The minimum absolute atomic E-state index is 0.0290. The Bertz CT molecular complexity index is 1850. The van der Waals surface area contributed by atoms with E-state index in [-0.39, 0.29) is 55.1 Å². The normalized spacial score (nSPS) is 13.0. The largest absolute Gasteiger partial charge is 0.490 e. The van der Waals surface area contributed by atoms with Gasteiger partial charge in [-0.2, -0.15) is 26.3 Å². The first-order valence-electron chi connectivity index (χ1n) is 17.2. The summed E-state index contributed by atoms with van der Waals surface area (Å²) in [7, 11) is 0. The number of hydrogen-bond donors (Lipinski definition) is 8. The van der Waals surface area contributed by atoms with Crippen molar-refractivity contribution >= 4 is 41.6 Å². The van der Waals surface area contributed by atoms with Crippen LogP contribution in [0, 0.1) is 11.3 Å². The highest BCUT2D eigenvalue weighted by Gasteiger charge is 2.38. The minimum atomic E-state index is -5.08. The molecule has 1 saturated carbocycles. The number of aromatic nitrogens is 2. The standard InChI is InChI=1S/C32H42N8O3.C2HF3O2.CHF3.CH2O2/c1-19(2)38-30-32(43)40(18-28(41)36-16-21-9-11-23(12-10-21)29(34)35)27(17-37-30)24-13-25(15-26(33)14-24)31(42)39-20(3)22-7-5-4-6-8-22;3-2(4,5)1(6)7;2-1(3)4;2-1-3/h9-15,17,19-20,22H,4-8,16,18,33H2,1-3H3,(H3,34,35)(H,36,41)(H,37,38)(H,39,42);(H,6,7);1H;1H,(H,2,3)/t20-;;;/m1.../s1. The van der Waals surface area contributed by atoms with E-state index in [2.05, 4.69) is 20.9 Å². The Hall–Kier alpha value is -6.15. The topological polar surface area (TPSA) is 256 Å². The van der Waals surface area contributed by atoms with E-state index >= 15 is 0 Å². The third kappa shape index (κ3) is 17.9. The number of nitrogens with two attached hydrogens (primary N) is 2. The summed E-state index contributed by atoms with van der Waals surface area (Å²) in [6, 6.07) is 11.9. The SMILES string of the molecule is CC(C)Nc1ncc(-c2cc(N)cc(C(=O)N[C@H](C)C3CCCCC3)c2)n(CC(=O)NCc2ccc(C(=N)N)cc2)c1=O.FC(F)F.O=C(O)C(F)(F)F.O=CO. The molecule has 1 atom stereocenters. The highest BCUT2D eigenvalue weighted by Crippen LogP contribution is 2.27. The Morgan fingerprint density at radius 1 is 1.02 bits per heavy atom. The Morgan fingerprint density at radius 3 is 2.05 bits per heavy atom. The molecule has 1 fully saturated rings. The second kappa shape index (κ2) is 23.7. The summed E-state index contributed by atoms with van der Waals surface area (Å²) in [6.45, 7) is 1.86. The lowest BCUT2D eigenvalue weighted by molar-refractivity contribution is -0.192. The van der Waals surface area contributed by atoms with Crippen LogP contribution in [0.5, 0.6) is 0 Å². The summed E-state index contributed by atoms with van der Waals surface area (Å²) < 4.78 is 62.1. The molecule has 0 bridgehead atoms. The first-order valence-corrected chi connectivity index (χ1v) is 17.2. The highest BCUT2D eigenvalue weighted by atomic mass is 19.4. The molecule has 2 amide bonds. The van der Waals surface area contributed by atoms with E-state index in [0.717, 1.165) is 18.4 Å². The molecule has 0 unspecified atom stereocenters. The molecular weight excluding hydrogens is 770 g/mol. The number of nitrogens with zero attached hydrogens (tertiary/aromatic N) is 2. The number of aliphatic carboxylic acids is 1. The fourth-order valence-corrected chi connectivity index (χ4v) is 5.42. The van der Waals surface area contributed by atoms with Crippen LogP contribution >= 0.6 is 0 Å². The maximum Gasteiger partial charge on any atom is 0.490 e. The number of carbonyl (C=O) groups excluding carboxylic acids is 2. The van der Waals surface area contributed by atoms with Crippen molar-refractivity contribution in [1.82, 2.24) is 20.2 Å². The Balaban J connectivity index is 0.000000997. The lowest BCUT2D eigenvalue weighted by Crippen LogP contribution is -2.39. The average Bonchev–Trinajstić information content (AvgIpc) is 3.12. The summed E-state index contributed by atoms with van der Waals surface area (Å²) in [5.74, 6) is -2.85. The highest BCUT2D eigenvalue weighted by molar-refractivity contribution is 5.97. The van der Waals surface area contributed by atoms with Crippen LogP contribution in [0.25, 0.3) is 11.3 Å². The molecule has 1 aromatic heterocycles. The van der Waals surface area contributed by atoms with Gasteiger partial charge in [-0.3, -0.25) is 29.2 Å². The van der Waals surface area contributed by atoms with Gasteiger partial charge in [0.1, 0.15) is 12.4 Å². The van der Waals surface area contributed by atoms with Gasteiger partial charge in [-0.15, -0.1) is 0 Å². The van der Waals surface area contributed by atoms with Crippen molar-refractivity contribution in [2.24, 2.45) is 11.7 Å². The number of nitrogens with one attached hydrogen (secondary N) is 4. The van der Waals surface area contributed by atoms with Crippen molar-refractivity contribution in [3.8, 4) is 11.3 Å². The predicted molar refractivity (Wildman–Crippen MR) is 199 cm³/mol. The molecule has 314 valence electrons. The van der Waals surface area contributed by atoms with Crippen LogP contribution in [0.2, 0.25) is 0 Å². The zero-order chi connectivity index (χ0) is 43.5. The molecule has 0 aliphatic heterocycles. The first kappa shape index (κ1) is 48.9. The number of carbonyl (C=O) groups is 4. The number of rotatable bonds is 11. The van der Waals surface area contributed by atoms with Crippen LogP contribution in [0.1, 0.15) is 74.4 Å². The third-order valence-electron chi connectivity index (χ3n) is 8.01. The van der Waals surface area contributed by atoms with E-state index in [1.165, 1.54) is 30.0 Å². The third-order valence-corrected chi connectivity index (χ3v) is 8.01. The van der Waals surface area contributed by atoms with Gasteiger partial charge >= 0.3 is 18.8 Å². The van der Waals surface area contributed by atoms with Crippen molar-refractivity contribution in [3.05, 3.63) is 75.7 Å². The smallest absolute Gasteiger partial charge is 0.483 e. The molecule has 1 heterocycles. The molecular formula is C36H46F6N8O7. The van der Waals surface area contributed by atoms with Crippen LogP contribution in [-0.4, -0.2) is 74.8 Å². The van der Waals surface area contributed by atoms with Crippen molar-refractivity contribution < 1.29 is 55.7 Å². The van der Waals surface area contributed by atoms with Gasteiger partial charge in [-0.1, -0.05) is 43.5 Å². The van der Waals surface area contributed by atoms with Gasteiger partial charge in [0.15, 0.2) is 5.82 Å². The molecule has 1 aliphatic rings. The lowest BCUT2D eigenvalue weighted by Gasteiger charge is -2.28. The van der Waals surface area contributed by atoms with Crippen molar-refractivity contribution in [1.29, 1.82) is 5.41 Å². The summed E-state index contributed by atoms with van der Waals surface area (Å²) in [4.78, 5) is 61.5.